The Bertz CT molecular complexity index is 503. The largest absolute Gasteiger partial charge is 0.463 e. The zero-order chi connectivity index (χ0) is 10.8. The van der Waals surface area contributed by atoms with Gasteiger partial charge in [0.05, 0.1) is 19.4 Å². The molecule has 5 heteroatoms. The predicted octanol–water partition coefficient (Wildman–Crippen LogP) is 1.11. The summed E-state index contributed by atoms with van der Waals surface area (Å²) in [7, 11) is 1.28. The Hall–Kier alpha value is -1.88. The van der Waals surface area contributed by atoms with Crippen molar-refractivity contribution < 1.29 is 19.1 Å². The first-order chi connectivity index (χ1) is 7.26. The smallest absolute Gasteiger partial charge is 0.373 e. The number of aromatic nitrogens is 1. The third-order valence-corrected chi connectivity index (χ3v) is 2.06. The Kier molecular flexibility index (Phi) is 2.39. The first-order valence-electron chi connectivity index (χ1n) is 4.33. The number of methoxy groups -OCH3 is 1. The van der Waals surface area contributed by atoms with Gasteiger partial charge in [0.2, 0.25) is 5.76 Å². The van der Waals surface area contributed by atoms with Crippen LogP contribution in [0, 0.1) is 0 Å². The molecule has 0 unspecified atom stereocenters. The van der Waals surface area contributed by atoms with E-state index in [1.54, 1.807) is 6.07 Å². The molecule has 2 aromatic heterocycles. The minimum absolute atomic E-state index is 0.107. The average molecular weight is 207 g/mol. The van der Waals surface area contributed by atoms with E-state index in [1.807, 2.05) is 0 Å². The van der Waals surface area contributed by atoms with Gasteiger partial charge >= 0.3 is 5.97 Å². The van der Waals surface area contributed by atoms with Crippen LogP contribution in [0.2, 0.25) is 0 Å². The third kappa shape index (κ3) is 1.57. The van der Waals surface area contributed by atoms with Crippen LogP contribution in [0.15, 0.2) is 22.7 Å². The maximum Gasteiger partial charge on any atom is 0.373 e. The van der Waals surface area contributed by atoms with Crippen molar-refractivity contribution in [2.24, 2.45) is 0 Å². The second-order valence-corrected chi connectivity index (χ2v) is 2.93. The monoisotopic (exact) mass is 207 g/mol. The van der Waals surface area contributed by atoms with Gasteiger partial charge < -0.3 is 14.3 Å². The first kappa shape index (κ1) is 9.67. The van der Waals surface area contributed by atoms with Crippen molar-refractivity contribution in [3.63, 3.8) is 0 Å². The summed E-state index contributed by atoms with van der Waals surface area (Å²) in [5.41, 5.74) is 0.987. The highest BCUT2D eigenvalue weighted by molar-refractivity contribution is 5.93. The summed E-state index contributed by atoms with van der Waals surface area (Å²) in [5.74, 6) is -0.440. The number of fused-ring (bicyclic) bond motifs is 1. The lowest BCUT2D eigenvalue weighted by Crippen LogP contribution is -1.98. The van der Waals surface area contributed by atoms with Gasteiger partial charge in [0.1, 0.15) is 5.58 Å². The van der Waals surface area contributed by atoms with Crippen molar-refractivity contribution in [1.29, 1.82) is 0 Å². The maximum absolute atomic E-state index is 11.2. The van der Waals surface area contributed by atoms with Crippen LogP contribution < -0.4 is 0 Å². The molecule has 0 aliphatic carbocycles. The highest BCUT2D eigenvalue weighted by Gasteiger charge is 2.14. The molecule has 0 saturated heterocycles. The summed E-state index contributed by atoms with van der Waals surface area (Å²) in [5, 5.41) is 9.65. The summed E-state index contributed by atoms with van der Waals surface area (Å²) < 4.78 is 9.76. The van der Waals surface area contributed by atoms with E-state index in [2.05, 4.69) is 9.72 Å². The molecule has 0 aromatic carbocycles. The lowest BCUT2D eigenvalue weighted by molar-refractivity contribution is 0.0567. The van der Waals surface area contributed by atoms with Gasteiger partial charge in [0.25, 0.3) is 0 Å². The van der Waals surface area contributed by atoms with Crippen LogP contribution in [0.4, 0.5) is 0 Å². The molecule has 0 bridgehead atoms. The Morgan fingerprint density at radius 1 is 1.67 bits per heavy atom. The fraction of sp³-hybridized carbons (Fsp3) is 0.200. The van der Waals surface area contributed by atoms with Crippen molar-refractivity contribution in [2.45, 2.75) is 6.61 Å². The highest BCUT2D eigenvalue weighted by Crippen LogP contribution is 2.21. The zero-order valence-electron chi connectivity index (χ0n) is 8.06. The number of rotatable bonds is 2. The third-order valence-electron chi connectivity index (χ3n) is 2.06. The van der Waals surface area contributed by atoms with E-state index < -0.39 is 5.97 Å². The Morgan fingerprint density at radius 2 is 2.47 bits per heavy atom. The topological polar surface area (TPSA) is 72.6 Å². The Balaban J connectivity index is 2.60. The number of carbonyl (C=O) groups is 1. The molecule has 15 heavy (non-hydrogen) atoms. The zero-order valence-corrected chi connectivity index (χ0v) is 8.06. The van der Waals surface area contributed by atoms with E-state index in [0.717, 1.165) is 0 Å². The maximum atomic E-state index is 11.2. The van der Waals surface area contributed by atoms with Crippen LogP contribution in [-0.2, 0) is 11.3 Å². The van der Waals surface area contributed by atoms with Gasteiger partial charge in [-0.25, -0.2) is 4.79 Å². The molecule has 2 heterocycles. The highest BCUT2D eigenvalue weighted by atomic mass is 16.5. The van der Waals surface area contributed by atoms with E-state index in [1.165, 1.54) is 19.4 Å². The van der Waals surface area contributed by atoms with Crippen molar-refractivity contribution in [1.82, 2.24) is 4.98 Å². The number of hydrogen-bond acceptors (Lipinski definition) is 5. The number of furan rings is 1. The van der Waals surface area contributed by atoms with Crippen molar-refractivity contribution in [3.05, 3.63) is 29.8 Å². The first-order valence-corrected chi connectivity index (χ1v) is 4.33. The van der Waals surface area contributed by atoms with E-state index in [0.29, 0.717) is 16.7 Å². The Labute approximate surface area is 85.3 Å². The molecule has 0 spiro atoms. The number of nitrogens with zero attached hydrogens (tertiary/aromatic N) is 1. The van der Waals surface area contributed by atoms with Crippen LogP contribution in [0.3, 0.4) is 0 Å². The number of pyridine rings is 1. The molecule has 0 aliphatic rings. The van der Waals surface area contributed by atoms with Gasteiger partial charge in [-0.3, -0.25) is 4.98 Å². The fourth-order valence-electron chi connectivity index (χ4n) is 1.35. The van der Waals surface area contributed by atoms with Crippen molar-refractivity contribution >= 4 is 16.9 Å². The quantitative estimate of drug-likeness (QED) is 0.746. The molecule has 0 amide bonds. The lowest BCUT2D eigenvalue weighted by atomic mass is 10.2. The summed E-state index contributed by atoms with van der Waals surface area (Å²) in [6, 6.07) is 3.14. The van der Waals surface area contributed by atoms with E-state index in [-0.39, 0.29) is 12.4 Å². The summed E-state index contributed by atoms with van der Waals surface area (Å²) in [4.78, 5) is 15.1. The average Bonchev–Trinajstić information content (AvgIpc) is 2.71. The molecule has 2 aromatic rings. The number of aliphatic hydroxyl groups excluding tert-OH is 1. The van der Waals surface area contributed by atoms with E-state index in [9.17, 15) is 4.79 Å². The van der Waals surface area contributed by atoms with Gasteiger partial charge in [-0.05, 0) is 6.07 Å². The molecule has 5 nitrogen and oxygen atoms in total. The predicted molar refractivity (Wildman–Crippen MR) is 51.3 cm³/mol. The SMILES string of the molecule is COC(=O)c1cc2c(CO)nccc2o1. The van der Waals surface area contributed by atoms with Crippen molar-refractivity contribution in [2.75, 3.05) is 7.11 Å². The standard InChI is InChI=1S/C10H9NO4/c1-14-10(13)9-4-6-7(5-12)11-3-2-8(6)15-9/h2-4,12H,5H2,1H3. The number of esters is 1. The molecule has 0 atom stereocenters. The molecule has 78 valence electrons. The van der Waals surface area contributed by atoms with Crippen LogP contribution in [0.1, 0.15) is 16.2 Å². The normalized spacial score (nSPS) is 10.5. The minimum atomic E-state index is -0.546. The molecule has 0 saturated carbocycles. The number of ether oxygens (including phenoxy) is 1. The number of carbonyl (C=O) groups excluding carboxylic acids is 1. The fourth-order valence-corrected chi connectivity index (χ4v) is 1.35. The second-order valence-electron chi connectivity index (χ2n) is 2.93. The molecule has 0 fully saturated rings. The summed E-state index contributed by atoms with van der Waals surface area (Å²) in [6.45, 7) is -0.197. The van der Waals surface area contributed by atoms with Gasteiger partial charge in [0, 0.05) is 17.6 Å². The van der Waals surface area contributed by atoms with Crippen LogP contribution in [0.25, 0.3) is 11.0 Å². The van der Waals surface area contributed by atoms with E-state index >= 15 is 0 Å². The van der Waals surface area contributed by atoms with E-state index in [4.69, 9.17) is 9.52 Å². The Morgan fingerprint density at radius 3 is 3.13 bits per heavy atom. The summed E-state index contributed by atoms with van der Waals surface area (Å²) in [6.07, 6.45) is 1.51. The van der Waals surface area contributed by atoms with Crippen LogP contribution in [-0.4, -0.2) is 23.2 Å². The van der Waals surface area contributed by atoms with Gasteiger partial charge in [-0.15, -0.1) is 0 Å². The van der Waals surface area contributed by atoms with Gasteiger partial charge in [-0.2, -0.15) is 0 Å². The van der Waals surface area contributed by atoms with Gasteiger partial charge in [-0.1, -0.05) is 0 Å². The summed E-state index contributed by atoms with van der Waals surface area (Å²) >= 11 is 0. The molecule has 0 radical (unpaired) electrons. The second kappa shape index (κ2) is 3.70. The molecular formula is C10H9NO4. The number of aliphatic hydroxyl groups is 1. The lowest BCUT2D eigenvalue weighted by Gasteiger charge is -1.93. The molecule has 2 rings (SSSR count). The molecule has 1 N–H and O–H groups in total. The van der Waals surface area contributed by atoms with Gasteiger partial charge in [0.15, 0.2) is 0 Å². The van der Waals surface area contributed by atoms with Crippen molar-refractivity contribution in [3.8, 4) is 0 Å². The molecular weight excluding hydrogens is 198 g/mol. The minimum Gasteiger partial charge on any atom is -0.463 e. The van der Waals surface area contributed by atoms with Crippen LogP contribution in [0.5, 0.6) is 0 Å². The molecule has 0 aliphatic heterocycles. The number of hydrogen-bond donors (Lipinski definition) is 1. The van der Waals surface area contributed by atoms with Crippen LogP contribution >= 0.6 is 0 Å².